The third-order valence-corrected chi connectivity index (χ3v) is 5.35. The Morgan fingerprint density at radius 3 is 2.68 bits per heavy atom. The smallest absolute Gasteiger partial charge is 0.255 e. The molecule has 0 bridgehead atoms. The van der Waals surface area contributed by atoms with Crippen LogP contribution in [0.3, 0.4) is 0 Å². The van der Waals surface area contributed by atoms with Gasteiger partial charge >= 0.3 is 0 Å². The highest BCUT2D eigenvalue weighted by molar-refractivity contribution is 7.09. The average Bonchev–Trinajstić information content (AvgIpc) is 3.17. The van der Waals surface area contributed by atoms with Crippen LogP contribution in [0.4, 0.5) is 0 Å². The van der Waals surface area contributed by atoms with E-state index in [1.807, 2.05) is 30.5 Å². The molecule has 116 valence electrons. The Morgan fingerprint density at radius 2 is 2.05 bits per heavy atom. The fraction of sp³-hybridized carbons (Fsp3) is 0.412. The number of hydrogen-bond acceptors (Lipinski definition) is 4. The number of aryl methyl sites for hydroxylation is 1. The van der Waals surface area contributed by atoms with Gasteiger partial charge in [-0.1, -0.05) is 25.0 Å². The lowest BCUT2D eigenvalue weighted by atomic mass is 9.97. The molecule has 1 N–H and O–H groups in total. The topological polar surface area (TPSA) is 51.2 Å². The number of nitrogens with one attached hydrogen (secondary N) is 1. The first-order valence-electron chi connectivity index (χ1n) is 7.53. The Balaban J connectivity index is 1.90. The molecule has 0 radical (unpaired) electrons. The van der Waals surface area contributed by atoms with Crippen LogP contribution in [-0.2, 0) is 5.54 Å². The highest BCUT2D eigenvalue weighted by Crippen LogP contribution is 2.40. The number of thiazole rings is 1. The number of methoxy groups -OCH3 is 1. The SMILES string of the molecule is COc1ccccc1C(=O)NC1(c2nc(C)cs2)CCCC1. The molecule has 22 heavy (non-hydrogen) atoms. The number of carbonyl (C=O) groups excluding carboxylic acids is 1. The van der Waals surface area contributed by atoms with E-state index in [2.05, 4.69) is 10.3 Å². The normalized spacial score (nSPS) is 16.5. The highest BCUT2D eigenvalue weighted by Gasteiger charge is 2.40. The zero-order valence-electron chi connectivity index (χ0n) is 12.9. The Bertz CT molecular complexity index is 675. The van der Waals surface area contributed by atoms with E-state index >= 15 is 0 Å². The summed E-state index contributed by atoms with van der Waals surface area (Å²) >= 11 is 1.64. The minimum atomic E-state index is -0.323. The lowest BCUT2D eigenvalue weighted by Gasteiger charge is -2.28. The van der Waals surface area contributed by atoms with Crippen LogP contribution in [0.15, 0.2) is 29.6 Å². The van der Waals surface area contributed by atoms with E-state index < -0.39 is 0 Å². The second-order valence-corrected chi connectivity index (χ2v) is 6.60. The second kappa shape index (κ2) is 6.08. The summed E-state index contributed by atoms with van der Waals surface area (Å²) in [6.07, 6.45) is 4.12. The van der Waals surface area contributed by atoms with E-state index in [4.69, 9.17) is 4.74 Å². The van der Waals surface area contributed by atoms with Gasteiger partial charge in [0.15, 0.2) is 0 Å². The summed E-state index contributed by atoms with van der Waals surface area (Å²) < 4.78 is 5.30. The number of benzene rings is 1. The number of amides is 1. The lowest BCUT2D eigenvalue weighted by molar-refractivity contribution is 0.0895. The molecule has 1 aromatic carbocycles. The van der Waals surface area contributed by atoms with Crippen LogP contribution in [0.1, 0.15) is 46.7 Å². The summed E-state index contributed by atoms with van der Waals surface area (Å²) in [5.41, 5.74) is 1.26. The van der Waals surface area contributed by atoms with E-state index in [0.717, 1.165) is 36.4 Å². The first-order chi connectivity index (χ1) is 10.6. The van der Waals surface area contributed by atoms with E-state index in [1.165, 1.54) is 0 Å². The van der Waals surface area contributed by atoms with E-state index in [9.17, 15) is 4.79 Å². The third kappa shape index (κ3) is 2.73. The molecule has 0 spiro atoms. The highest BCUT2D eigenvalue weighted by atomic mass is 32.1. The molecule has 0 saturated heterocycles. The molecular formula is C17H20N2O2S. The maximum absolute atomic E-state index is 12.8. The Hall–Kier alpha value is -1.88. The maximum atomic E-state index is 12.8. The standard InChI is InChI=1S/C17H20N2O2S/c1-12-11-22-16(18-12)17(9-5-6-10-17)19-15(20)13-7-3-4-8-14(13)21-2/h3-4,7-8,11H,5-6,9-10H2,1-2H3,(H,19,20). The monoisotopic (exact) mass is 316 g/mol. The molecule has 1 saturated carbocycles. The van der Waals surface area contributed by atoms with Crippen molar-refractivity contribution in [3.05, 3.63) is 45.9 Å². The molecule has 1 aliphatic rings. The molecular weight excluding hydrogens is 296 g/mol. The van der Waals surface area contributed by atoms with Gasteiger partial charge in [0.25, 0.3) is 5.91 Å². The molecule has 3 rings (SSSR count). The fourth-order valence-corrected chi connectivity index (χ4v) is 4.07. The molecule has 0 unspecified atom stereocenters. The van der Waals surface area contributed by atoms with Crippen molar-refractivity contribution in [1.82, 2.24) is 10.3 Å². The number of ether oxygens (including phenoxy) is 1. The van der Waals surface area contributed by atoms with Crippen molar-refractivity contribution in [2.24, 2.45) is 0 Å². The number of nitrogens with zero attached hydrogens (tertiary/aromatic N) is 1. The summed E-state index contributed by atoms with van der Waals surface area (Å²) in [5, 5.41) is 6.31. The van der Waals surface area contributed by atoms with Crippen LogP contribution >= 0.6 is 11.3 Å². The molecule has 1 amide bonds. The molecule has 0 aliphatic heterocycles. The Kier molecular flexibility index (Phi) is 4.16. The van der Waals surface area contributed by atoms with Gasteiger partial charge in [-0.25, -0.2) is 4.98 Å². The van der Waals surface area contributed by atoms with Crippen molar-refractivity contribution in [3.8, 4) is 5.75 Å². The summed E-state index contributed by atoms with van der Waals surface area (Å²) in [7, 11) is 1.58. The van der Waals surface area contributed by atoms with Crippen LogP contribution in [0.5, 0.6) is 5.75 Å². The van der Waals surface area contributed by atoms with Crippen molar-refractivity contribution in [2.45, 2.75) is 38.1 Å². The van der Waals surface area contributed by atoms with Crippen molar-refractivity contribution < 1.29 is 9.53 Å². The van der Waals surface area contributed by atoms with Crippen molar-refractivity contribution >= 4 is 17.2 Å². The van der Waals surface area contributed by atoms with Crippen molar-refractivity contribution in [2.75, 3.05) is 7.11 Å². The first kappa shape index (κ1) is 15.0. The molecule has 2 aromatic rings. The maximum Gasteiger partial charge on any atom is 0.255 e. The van der Waals surface area contributed by atoms with Gasteiger partial charge in [0.1, 0.15) is 10.8 Å². The number of aromatic nitrogens is 1. The summed E-state index contributed by atoms with van der Waals surface area (Å²) in [4.78, 5) is 17.4. The van der Waals surface area contributed by atoms with Crippen LogP contribution in [-0.4, -0.2) is 18.0 Å². The van der Waals surface area contributed by atoms with Crippen molar-refractivity contribution in [1.29, 1.82) is 0 Å². The summed E-state index contributed by atoms with van der Waals surface area (Å²) in [6, 6.07) is 7.32. The molecule has 0 atom stereocenters. The van der Waals surface area contributed by atoms with Crippen molar-refractivity contribution in [3.63, 3.8) is 0 Å². The number of hydrogen-bond donors (Lipinski definition) is 1. The van der Waals surface area contributed by atoms with E-state index in [-0.39, 0.29) is 11.4 Å². The number of rotatable bonds is 4. The molecule has 5 heteroatoms. The van der Waals surface area contributed by atoms with Gasteiger partial charge in [0.2, 0.25) is 0 Å². The van der Waals surface area contributed by atoms with Gasteiger partial charge in [0, 0.05) is 11.1 Å². The van der Waals surface area contributed by atoms with Crippen LogP contribution in [0, 0.1) is 6.92 Å². The predicted octanol–water partition coefficient (Wildman–Crippen LogP) is 3.66. The molecule has 1 fully saturated rings. The lowest BCUT2D eigenvalue weighted by Crippen LogP contribution is -2.43. The zero-order valence-corrected chi connectivity index (χ0v) is 13.7. The van der Waals surface area contributed by atoms with Crippen LogP contribution < -0.4 is 10.1 Å². The van der Waals surface area contributed by atoms with Gasteiger partial charge in [0.05, 0.1) is 18.2 Å². The number of para-hydroxylation sites is 1. The predicted molar refractivity (Wildman–Crippen MR) is 87.5 cm³/mol. The third-order valence-electron chi connectivity index (χ3n) is 4.19. The first-order valence-corrected chi connectivity index (χ1v) is 8.41. The van der Waals surface area contributed by atoms with Gasteiger partial charge in [-0.05, 0) is 31.9 Å². The van der Waals surface area contributed by atoms with E-state index in [0.29, 0.717) is 11.3 Å². The second-order valence-electron chi connectivity index (χ2n) is 5.74. The summed E-state index contributed by atoms with van der Waals surface area (Å²) in [5.74, 6) is 0.510. The van der Waals surface area contributed by atoms with Crippen LogP contribution in [0.25, 0.3) is 0 Å². The van der Waals surface area contributed by atoms with Gasteiger partial charge < -0.3 is 10.1 Å². The summed E-state index contributed by atoms with van der Waals surface area (Å²) in [6.45, 7) is 1.99. The molecule has 1 aliphatic carbocycles. The van der Waals surface area contributed by atoms with Crippen LogP contribution in [0.2, 0.25) is 0 Å². The Labute approximate surface area is 134 Å². The van der Waals surface area contributed by atoms with Gasteiger partial charge in [-0.3, -0.25) is 4.79 Å². The minimum Gasteiger partial charge on any atom is -0.496 e. The largest absolute Gasteiger partial charge is 0.496 e. The molecule has 1 aromatic heterocycles. The zero-order chi connectivity index (χ0) is 15.6. The number of carbonyl (C=O) groups is 1. The van der Waals surface area contributed by atoms with Gasteiger partial charge in [-0.15, -0.1) is 11.3 Å². The van der Waals surface area contributed by atoms with Gasteiger partial charge in [-0.2, -0.15) is 0 Å². The van der Waals surface area contributed by atoms with E-state index in [1.54, 1.807) is 24.5 Å². The minimum absolute atomic E-state index is 0.0906. The average molecular weight is 316 g/mol. The molecule has 1 heterocycles. The quantitative estimate of drug-likeness (QED) is 0.936. The fourth-order valence-electron chi connectivity index (χ4n) is 3.06. The Morgan fingerprint density at radius 1 is 1.32 bits per heavy atom. The molecule has 4 nitrogen and oxygen atoms in total.